The first kappa shape index (κ1) is 15.9. The third-order valence-electron chi connectivity index (χ3n) is 4.80. The van der Waals surface area contributed by atoms with Crippen LogP contribution in [0.3, 0.4) is 0 Å². The molecular formula is C17H15F2N7O. The van der Waals surface area contributed by atoms with Gasteiger partial charge in [-0.25, -0.2) is 9.50 Å². The number of hydrogen-bond donors (Lipinski definition) is 1. The summed E-state index contributed by atoms with van der Waals surface area (Å²) in [6.45, 7) is 2.52. The van der Waals surface area contributed by atoms with Crippen molar-refractivity contribution < 1.29 is 13.2 Å². The fourth-order valence-corrected chi connectivity index (χ4v) is 3.52. The molecule has 10 heteroatoms. The van der Waals surface area contributed by atoms with Crippen LogP contribution in [0.1, 0.15) is 41.0 Å². The predicted octanol–water partition coefficient (Wildman–Crippen LogP) is 2.84. The molecular weight excluding hydrogens is 356 g/mol. The van der Waals surface area contributed by atoms with Gasteiger partial charge in [-0.3, -0.25) is 0 Å². The fourth-order valence-electron chi connectivity index (χ4n) is 3.52. The van der Waals surface area contributed by atoms with Crippen molar-refractivity contribution in [2.24, 2.45) is 0 Å². The molecule has 0 spiro atoms. The summed E-state index contributed by atoms with van der Waals surface area (Å²) in [7, 11) is 0. The summed E-state index contributed by atoms with van der Waals surface area (Å²) < 4.78 is 32.8. The molecule has 4 aromatic rings. The van der Waals surface area contributed by atoms with Gasteiger partial charge >= 0.3 is 12.4 Å². The smallest absolute Gasteiger partial charge is 0.319 e. The summed E-state index contributed by atoms with van der Waals surface area (Å²) in [5.41, 5.74) is 4.54. The summed E-state index contributed by atoms with van der Waals surface area (Å²) >= 11 is 0. The zero-order valence-electron chi connectivity index (χ0n) is 14.3. The number of imidazole rings is 1. The lowest BCUT2D eigenvalue weighted by Gasteiger charge is -2.32. The second-order valence-corrected chi connectivity index (χ2v) is 6.43. The van der Waals surface area contributed by atoms with Gasteiger partial charge in [0.25, 0.3) is 5.89 Å². The van der Waals surface area contributed by atoms with Crippen LogP contribution in [0.5, 0.6) is 0 Å². The Labute approximate surface area is 151 Å². The van der Waals surface area contributed by atoms with E-state index in [1.165, 1.54) is 0 Å². The molecule has 0 amide bonds. The van der Waals surface area contributed by atoms with Gasteiger partial charge in [0.15, 0.2) is 0 Å². The highest BCUT2D eigenvalue weighted by Crippen LogP contribution is 2.37. The summed E-state index contributed by atoms with van der Waals surface area (Å²) in [5, 5.41) is 12.0. The van der Waals surface area contributed by atoms with E-state index >= 15 is 0 Å². The number of pyridine rings is 1. The molecule has 1 atom stereocenters. The van der Waals surface area contributed by atoms with Crippen LogP contribution in [0, 0.1) is 6.92 Å². The second kappa shape index (κ2) is 5.86. The zero-order valence-corrected chi connectivity index (χ0v) is 14.3. The van der Waals surface area contributed by atoms with Crippen molar-refractivity contribution in [2.45, 2.75) is 25.8 Å². The standard InChI is InChI=1S/C17H15F2N7O/c1-9-3-2-5-26-12(9)7-11(24-26)14-13-10(20-8-21-13)4-6-25(14)17-23-22-16(27-17)15(18)19/h2-3,5,7-8,14-15H,4,6H2,1H3,(H,20,21)/t14-/m0/s1. The van der Waals surface area contributed by atoms with E-state index < -0.39 is 18.4 Å². The molecule has 8 nitrogen and oxygen atoms in total. The molecule has 5 rings (SSSR count). The molecule has 0 aromatic carbocycles. The Morgan fingerprint density at radius 3 is 3.00 bits per heavy atom. The monoisotopic (exact) mass is 371 g/mol. The van der Waals surface area contributed by atoms with Crippen LogP contribution in [0.4, 0.5) is 14.8 Å². The summed E-state index contributed by atoms with van der Waals surface area (Å²) in [6.07, 6.45) is 1.34. The predicted molar refractivity (Wildman–Crippen MR) is 90.7 cm³/mol. The van der Waals surface area contributed by atoms with Gasteiger partial charge in [-0.1, -0.05) is 11.2 Å². The molecule has 0 bridgehead atoms. The highest BCUT2D eigenvalue weighted by molar-refractivity contribution is 5.56. The summed E-state index contributed by atoms with van der Waals surface area (Å²) in [4.78, 5) is 9.36. The Bertz CT molecular complexity index is 1120. The van der Waals surface area contributed by atoms with E-state index in [0.717, 1.165) is 28.2 Å². The molecule has 0 unspecified atom stereocenters. The fraction of sp³-hybridized carbons (Fsp3) is 0.294. The van der Waals surface area contributed by atoms with Crippen LogP contribution >= 0.6 is 0 Å². The maximum atomic E-state index is 12.9. The van der Waals surface area contributed by atoms with E-state index in [2.05, 4.69) is 25.3 Å². The maximum absolute atomic E-state index is 12.9. The maximum Gasteiger partial charge on any atom is 0.319 e. The molecule has 0 saturated carbocycles. The van der Waals surface area contributed by atoms with Crippen LogP contribution in [0.2, 0.25) is 0 Å². The van der Waals surface area contributed by atoms with Gasteiger partial charge < -0.3 is 14.3 Å². The third-order valence-corrected chi connectivity index (χ3v) is 4.80. The van der Waals surface area contributed by atoms with Crippen molar-refractivity contribution in [1.29, 1.82) is 0 Å². The number of aromatic amines is 1. The van der Waals surface area contributed by atoms with Crippen LogP contribution in [0.25, 0.3) is 5.52 Å². The van der Waals surface area contributed by atoms with Crippen LogP contribution < -0.4 is 4.90 Å². The summed E-state index contributed by atoms with van der Waals surface area (Å²) in [5.74, 6) is -0.692. The lowest BCUT2D eigenvalue weighted by Crippen LogP contribution is -2.36. The number of nitrogens with one attached hydrogen (secondary N) is 1. The number of hydrogen-bond acceptors (Lipinski definition) is 6. The van der Waals surface area contributed by atoms with Crippen molar-refractivity contribution in [3.8, 4) is 0 Å². The largest absolute Gasteiger partial charge is 0.402 e. The first-order valence-corrected chi connectivity index (χ1v) is 8.47. The first-order valence-electron chi connectivity index (χ1n) is 8.47. The van der Waals surface area contributed by atoms with Crippen molar-refractivity contribution in [3.05, 3.63) is 59.3 Å². The number of aryl methyl sites for hydroxylation is 1. The molecule has 0 radical (unpaired) electrons. The number of fused-ring (bicyclic) bond motifs is 2. The average Bonchev–Trinajstić information content (AvgIpc) is 3.39. The normalized spacial score (nSPS) is 17.0. The molecule has 4 aromatic heterocycles. The first-order chi connectivity index (χ1) is 13.1. The number of nitrogens with zero attached hydrogens (tertiary/aromatic N) is 6. The molecule has 27 heavy (non-hydrogen) atoms. The number of rotatable bonds is 3. The van der Waals surface area contributed by atoms with Crippen LogP contribution in [0.15, 0.2) is 35.1 Å². The molecule has 1 N–H and O–H groups in total. The lowest BCUT2D eigenvalue weighted by molar-refractivity contribution is 0.115. The Hall–Kier alpha value is -3.30. The number of aromatic nitrogens is 6. The van der Waals surface area contributed by atoms with Gasteiger partial charge in [-0.15, -0.1) is 5.10 Å². The molecule has 0 fully saturated rings. The SMILES string of the molecule is Cc1cccn2nc([C@H]3c4nc[nH]c4CCN3c3nnc(C(F)F)o3)cc12. The molecule has 0 aliphatic carbocycles. The molecule has 0 saturated heterocycles. The zero-order chi connectivity index (χ0) is 18.5. The Morgan fingerprint density at radius 1 is 1.33 bits per heavy atom. The van der Waals surface area contributed by atoms with E-state index in [-0.39, 0.29) is 6.01 Å². The minimum absolute atomic E-state index is 0.0396. The minimum Gasteiger partial charge on any atom is -0.402 e. The van der Waals surface area contributed by atoms with E-state index in [9.17, 15) is 8.78 Å². The molecule has 5 heterocycles. The highest BCUT2D eigenvalue weighted by Gasteiger charge is 2.36. The number of alkyl halides is 2. The molecule has 138 valence electrons. The van der Waals surface area contributed by atoms with Crippen molar-refractivity contribution in [1.82, 2.24) is 29.8 Å². The van der Waals surface area contributed by atoms with Gasteiger partial charge in [0, 0.05) is 24.9 Å². The van der Waals surface area contributed by atoms with E-state index in [1.54, 1.807) is 15.7 Å². The van der Waals surface area contributed by atoms with Crippen molar-refractivity contribution >= 4 is 11.5 Å². The Morgan fingerprint density at radius 2 is 2.22 bits per heavy atom. The van der Waals surface area contributed by atoms with Gasteiger partial charge in [-0.05, 0) is 24.6 Å². The molecule has 1 aliphatic heterocycles. The Balaban J connectivity index is 1.65. The third kappa shape index (κ3) is 2.47. The van der Waals surface area contributed by atoms with Gasteiger partial charge in [0.1, 0.15) is 6.04 Å². The Kier molecular flexibility index (Phi) is 3.46. The quantitative estimate of drug-likeness (QED) is 0.596. The highest BCUT2D eigenvalue weighted by atomic mass is 19.3. The van der Waals surface area contributed by atoms with Gasteiger partial charge in [0.05, 0.1) is 23.2 Å². The van der Waals surface area contributed by atoms with E-state index in [0.29, 0.717) is 13.0 Å². The van der Waals surface area contributed by atoms with Crippen molar-refractivity contribution in [3.63, 3.8) is 0 Å². The lowest BCUT2D eigenvalue weighted by atomic mass is 10.00. The molecule has 1 aliphatic rings. The van der Waals surface area contributed by atoms with Gasteiger partial charge in [0.2, 0.25) is 0 Å². The number of H-pyrrole nitrogens is 1. The van der Waals surface area contributed by atoms with Crippen LogP contribution in [-0.4, -0.2) is 36.3 Å². The number of halogens is 2. The van der Waals surface area contributed by atoms with E-state index in [1.807, 2.05) is 31.3 Å². The number of anilines is 1. The average molecular weight is 371 g/mol. The van der Waals surface area contributed by atoms with Crippen molar-refractivity contribution in [2.75, 3.05) is 11.4 Å². The topological polar surface area (TPSA) is 88.1 Å². The van der Waals surface area contributed by atoms with Crippen LogP contribution in [-0.2, 0) is 6.42 Å². The minimum atomic E-state index is -2.81. The summed E-state index contributed by atoms with van der Waals surface area (Å²) in [6, 6.07) is 5.53. The van der Waals surface area contributed by atoms with Gasteiger partial charge in [-0.2, -0.15) is 13.9 Å². The van der Waals surface area contributed by atoms with E-state index in [4.69, 9.17) is 4.42 Å². The second-order valence-electron chi connectivity index (χ2n) is 6.43.